The lowest BCUT2D eigenvalue weighted by Gasteiger charge is -2.13. The molecule has 1 aromatic rings. The summed E-state index contributed by atoms with van der Waals surface area (Å²) in [5, 5.41) is 10.2. The van der Waals surface area contributed by atoms with Crippen molar-refractivity contribution in [3.05, 3.63) is 27.2 Å². The van der Waals surface area contributed by atoms with Crippen LogP contribution in [0.2, 0.25) is 5.02 Å². The fourth-order valence-electron chi connectivity index (χ4n) is 1.44. The fraction of sp³-hybridized carbons (Fsp3) is 0.333. The molecular formula is C9H9BrClNO. The Kier molecular flexibility index (Phi) is 2.06. The molecule has 1 fully saturated rings. The first-order valence-corrected chi connectivity index (χ1v) is 5.17. The van der Waals surface area contributed by atoms with Gasteiger partial charge < -0.3 is 10.8 Å². The minimum atomic E-state index is -0.340. The Morgan fingerprint density at radius 2 is 2.08 bits per heavy atom. The summed E-state index contributed by atoms with van der Waals surface area (Å²) in [6, 6.07) is 3.28. The van der Waals surface area contributed by atoms with Gasteiger partial charge in [0.15, 0.2) is 0 Å². The van der Waals surface area contributed by atoms with E-state index in [1.54, 1.807) is 6.07 Å². The van der Waals surface area contributed by atoms with Crippen LogP contribution in [0.25, 0.3) is 0 Å². The standard InChI is InChI=1S/C9H9BrClNO/c10-6-3-5(11)4-7(13)8(6)9(12)1-2-9/h3-4,13H,1-2,12H2. The van der Waals surface area contributed by atoms with Crippen molar-refractivity contribution in [2.24, 2.45) is 5.73 Å². The number of hydrogen-bond acceptors (Lipinski definition) is 2. The maximum Gasteiger partial charge on any atom is 0.123 e. The molecule has 0 heterocycles. The second-order valence-electron chi connectivity index (χ2n) is 3.44. The van der Waals surface area contributed by atoms with E-state index in [2.05, 4.69) is 15.9 Å². The number of halogens is 2. The van der Waals surface area contributed by atoms with Gasteiger partial charge in [0.05, 0.1) is 0 Å². The Morgan fingerprint density at radius 1 is 1.46 bits per heavy atom. The van der Waals surface area contributed by atoms with Crippen molar-refractivity contribution in [2.75, 3.05) is 0 Å². The molecule has 0 unspecified atom stereocenters. The van der Waals surface area contributed by atoms with Crippen LogP contribution in [0.5, 0.6) is 5.75 Å². The zero-order valence-corrected chi connectivity index (χ0v) is 9.19. The molecule has 1 aromatic carbocycles. The van der Waals surface area contributed by atoms with Gasteiger partial charge in [-0.3, -0.25) is 0 Å². The van der Waals surface area contributed by atoms with Crippen molar-refractivity contribution in [1.29, 1.82) is 0 Å². The molecule has 13 heavy (non-hydrogen) atoms. The van der Waals surface area contributed by atoms with Gasteiger partial charge in [0.1, 0.15) is 5.75 Å². The minimum absolute atomic E-state index is 0.180. The van der Waals surface area contributed by atoms with Gasteiger partial charge in [-0.15, -0.1) is 0 Å². The van der Waals surface area contributed by atoms with E-state index in [0.29, 0.717) is 5.02 Å². The van der Waals surface area contributed by atoms with Crippen LogP contribution in [0.1, 0.15) is 18.4 Å². The van der Waals surface area contributed by atoms with Crippen molar-refractivity contribution >= 4 is 27.5 Å². The van der Waals surface area contributed by atoms with Gasteiger partial charge in [-0.1, -0.05) is 27.5 Å². The molecule has 0 aromatic heterocycles. The summed E-state index contributed by atoms with van der Waals surface area (Å²) in [5.41, 5.74) is 6.42. The van der Waals surface area contributed by atoms with Gasteiger partial charge in [-0.25, -0.2) is 0 Å². The highest BCUT2D eigenvalue weighted by atomic mass is 79.9. The summed E-state index contributed by atoms with van der Waals surface area (Å²) < 4.78 is 0.789. The molecule has 1 saturated carbocycles. The molecule has 1 aliphatic rings. The predicted molar refractivity (Wildman–Crippen MR) is 55.9 cm³/mol. The number of rotatable bonds is 1. The van der Waals surface area contributed by atoms with Crippen LogP contribution in [0.3, 0.4) is 0 Å². The van der Waals surface area contributed by atoms with E-state index in [-0.39, 0.29) is 11.3 Å². The monoisotopic (exact) mass is 261 g/mol. The molecule has 3 N–H and O–H groups in total. The van der Waals surface area contributed by atoms with Crippen LogP contribution in [0.15, 0.2) is 16.6 Å². The molecule has 0 amide bonds. The molecule has 2 nitrogen and oxygen atoms in total. The van der Waals surface area contributed by atoms with Gasteiger partial charge in [0, 0.05) is 20.6 Å². The Morgan fingerprint density at radius 3 is 2.54 bits per heavy atom. The molecule has 4 heteroatoms. The largest absolute Gasteiger partial charge is 0.508 e. The minimum Gasteiger partial charge on any atom is -0.508 e. The van der Waals surface area contributed by atoms with Gasteiger partial charge in [0.2, 0.25) is 0 Å². The zero-order valence-electron chi connectivity index (χ0n) is 6.85. The Balaban J connectivity index is 2.57. The van der Waals surface area contributed by atoms with E-state index in [9.17, 15) is 5.11 Å². The van der Waals surface area contributed by atoms with E-state index < -0.39 is 0 Å². The van der Waals surface area contributed by atoms with Crippen LogP contribution >= 0.6 is 27.5 Å². The first-order chi connectivity index (χ1) is 6.03. The number of aromatic hydroxyl groups is 1. The molecule has 0 aliphatic heterocycles. The molecule has 0 saturated heterocycles. The third kappa shape index (κ3) is 1.56. The molecule has 0 atom stereocenters. The molecule has 0 bridgehead atoms. The maximum atomic E-state index is 9.65. The van der Waals surface area contributed by atoms with Crippen molar-refractivity contribution in [2.45, 2.75) is 18.4 Å². The lowest BCUT2D eigenvalue weighted by atomic mass is 10.1. The lowest BCUT2D eigenvalue weighted by Crippen LogP contribution is -2.19. The Labute approximate surface area is 89.8 Å². The summed E-state index contributed by atoms with van der Waals surface area (Å²) >= 11 is 9.11. The van der Waals surface area contributed by atoms with Gasteiger partial charge in [-0.2, -0.15) is 0 Å². The summed E-state index contributed by atoms with van der Waals surface area (Å²) in [4.78, 5) is 0. The molecule has 1 aliphatic carbocycles. The molecule has 70 valence electrons. The van der Waals surface area contributed by atoms with E-state index in [1.165, 1.54) is 6.07 Å². The highest BCUT2D eigenvalue weighted by Crippen LogP contribution is 2.49. The van der Waals surface area contributed by atoms with Crippen molar-refractivity contribution < 1.29 is 5.11 Å². The van der Waals surface area contributed by atoms with Crippen LogP contribution in [0, 0.1) is 0 Å². The normalized spacial score (nSPS) is 18.7. The highest BCUT2D eigenvalue weighted by Gasteiger charge is 2.43. The van der Waals surface area contributed by atoms with E-state index in [1.807, 2.05) is 0 Å². The first kappa shape index (κ1) is 9.31. The second-order valence-corrected chi connectivity index (χ2v) is 4.73. The smallest absolute Gasteiger partial charge is 0.123 e. The second kappa shape index (κ2) is 2.87. The SMILES string of the molecule is NC1(c2c(O)cc(Cl)cc2Br)CC1. The third-order valence-corrected chi connectivity index (χ3v) is 3.16. The Hall–Kier alpha value is -0.250. The number of phenols is 1. The maximum absolute atomic E-state index is 9.65. The van der Waals surface area contributed by atoms with Crippen LogP contribution < -0.4 is 5.73 Å². The molecule has 0 spiro atoms. The molecule has 2 rings (SSSR count). The quantitative estimate of drug-likeness (QED) is 0.817. The summed E-state index contributed by atoms with van der Waals surface area (Å²) in [6.45, 7) is 0. The van der Waals surface area contributed by atoms with Crippen LogP contribution in [0.4, 0.5) is 0 Å². The predicted octanol–water partition coefficient (Wildman–Crippen LogP) is 2.76. The van der Waals surface area contributed by atoms with Crippen molar-refractivity contribution in [3.8, 4) is 5.75 Å². The van der Waals surface area contributed by atoms with E-state index >= 15 is 0 Å². The fourth-order valence-corrected chi connectivity index (χ4v) is 2.63. The van der Waals surface area contributed by atoms with Crippen molar-refractivity contribution in [3.63, 3.8) is 0 Å². The number of benzene rings is 1. The van der Waals surface area contributed by atoms with Gasteiger partial charge in [-0.05, 0) is 25.0 Å². The van der Waals surface area contributed by atoms with Crippen LogP contribution in [-0.4, -0.2) is 5.11 Å². The number of phenolic OH excluding ortho intramolecular Hbond substituents is 1. The average molecular weight is 263 g/mol. The van der Waals surface area contributed by atoms with Gasteiger partial charge >= 0.3 is 0 Å². The van der Waals surface area contributed by atoms with Gasteiger partial charge in [0.25, 0.3) is 0 Å². The van der Waals surface area contributed by atoms with E-state index in [0.717, 1.165) is 22.9 Å². The summed E-state index contributed by atoms with van der Waals surface area (Å²) in [7, 11) is 0. The number of hydrogen-bond donors (Lipinski definition) is 2. The number of nitrogens with two attached hydrogens (primary N) is 1. The summed E-state index contributed by atoms with van der Waals surface area (Å²) in [5.74, 6) is 0.180. The Bertz CT molecular complexity index is 340. The lowest BCUT2D eigenvalue weighted by molar-refractivity contribution is 0.459. The van der Waals surface area contributed by atoms with E-state index in [4.69, 9.17) is 17.3 Å². The molecular weight excluding hydrogens is 253 g/mol. The molecule has 0 radical (unpaired) electrons. The topological polar surface area (TPSA) is 46.2 Å². The first-order valence-electron chi connectivity index (χ1n) is 4.00. The van der Waals surface area contributed by atoms with Crippen molar-refractivity contribution in [1.82, 2.24) is 0 Å². The average Bonchev–Trinajstić information content (AvgIpc) is 2.65. The zero-order chi connectivity index (χ0) is 9.64. The summed E-state index contributed by atoms with van der Waals surface area (Å²) in [6.07, 6.45) is 1.83. The third-order valence-electron chi connectivity index (χ3n) is 2.32. The van der Waals surface area contributed by atoms with Crippen LogP contribution in [-0.2, 0) is 5.54 Å². The highest BCUT2D eigenvalue weighted by molar-refractivity contribution is 9.10.